The van der Waals surface area contributed by atoms with Crippen molar-refractivity contribution in [1.29, 1.82) is 0 Å². The summed E-state index contributed by atoms with van der Waals surface area (Å²) in [6, 6.07) is 0. The van der Waals surface area contributed by atoms with Crippen molar-refractivity contribution in [2.75, 3.05) is 13.2 Å². The van der Waals surface area contributed by atoms with Crippen LogP contribution >= 0.6 is 0 Å². The largest absolute Gasteiger partial charge is 0.465 e. The van der Waals surface area contributed by atoms with Gasteiger partial charge in [-0.3, -0.25) is 9.59 Å². The van der Waals surface area contributed by atoms with Crippen molar-refractivity contribution >= 4 is 11.9 Å². The van der Waals surface area contributed by atoms with E-state index >= 15 is 0 Å². The number of carbonyl (C=O) groups excluding carboxylic acids is 2. The van der Waals surface area contributed by atoms with E-state index in [4.69, 9.17) is 14.2 Å². The first-order valence-corrected chi connectivity index (χ1v) is 5.97. The lowest BCUT2D eigenvalue weighted by molar-refractivity contribution is -0.152. The van der Waals surface area contributed by atoms with Crippen LogP contribution in [-0.2, 0) is 23.8 Å². The first kappa shape index (κ1) is 11.0. The van der Waals surface area contributed by atoms with Gasteiger partial charge in [-0.1, -0.05) is 0 Å². The van der Waals surface area contributed by atoms with Crippen molar-refractivity contribution in [1.82, 2.24) is 0 Å². The predicted molar refractivity (Wildman–Crippen MR) is 56.0 cm³/mol. The highest BCUT2D eigenvalue weighted by atomic mass is 16.6. The first-order valence-electron chi connectivity index (χ1n) is 5.97. The normalized spacial score (nSPS) is 46.8. The van der Waals surface area contributed by atoms with Gasteiger partial charge in [-0.15, -0.1) is 0 Å². The number of carbonyl (C=O) groups is 2. The summed E-state index contributed by atoms with van der Waals surface area (Å²) < 4.78 is 16.2. The minimum Gasteiger partial charge on any atom is -0.465 e. The maximum absolute atomic E-state index is 12.0. The van der Waals surface area contributed by atoms with Gasteiger partial charge in [0.1, 0.15) is 18.6 Å². The maximum atomic E-state index is 12.0. The second kappa shape index (κ2) is 3.22. The Morgan fingerprint density at radius 3 is 2.88 bits per heavy atom. The van der Waals surface area contributed by atoms with Gasteiger partial charge in [-0.2, -0.15) is 0 Å². The van der Waals surface area contributed by atoms with Gasteiger partial charge < -0.3 is 14.2 Å². The van der Waals surface area contributed by atoms with Crippen LogP contribution in [0, 0.1) is 10.8 Å². The number of hydrogen-bond acceptors (Lipinski definition) is 5. The lowest BCUT2D eigenvalue weighted by Gasteiger charge is -2.38. The van der Waals surface area contributed by atoms with Crippen LogP contribution in [0.25, 0.3) is 0 Å². The lowest BCUT2D eigenvalue weighted by Crippen LogP contribution is -2.52. The van der Waals surface area contributed by atoms with Crippen molar-refractivity contribution in [3.63, 3.8) is 0 Å². The third-order valence-corrected chi connectivity index (χ3v) is 4.73. The fraction of sp³-hybridized carbons (Fsp3) is 0.833. The van der Waals surface area contributed by atoms with Crippen LogP contribution in [0.3, 0.4) is 0 Å². The van der Waals surface area contributed by atoms with Gasteiger partial charge in [0.05, 0.1) is 17.6 Å². The Bertz CT molecular complexity index is 392. The molecule has 2 bridgehead atoms. The average Bonchev–Trinajstić information content (AvgIpc) is 2.90. The van der Waals surface area contributed by atoms with Crippen molar-refractivity contribution in [3.05, 3.63) is 0 Å². The van der Waals surface area contributed by atoms with E-state index in [9.17, 15) is 9.59 Å². The average molecular weight is 240 g/mol. The summed E-state index contributed by atoms with van der Waals surface area (Å²) >= 11 is 0. The molecule has 0 radical (unpaired) electrons. The molecule has 3 fully saturated rings. The van der Waals surface area contributed by atoms with E-state index in [0.29, 0.717) is 6.61 Å². The van der Waals surface area contributed by atoms with Crippen molar-refractivity contribution in [3.8, 4) is 0 Å². The molecule has 0 aliphatic carbocycles. The van der Waals surface area contributed by atoms with Crippen LogP contribution in [-0.4, -0.2) is 37.4 Å². The third-order valence-electron chi connectivity index (χ3n) is 4.73. The zero-order chi connectivity index (χ0) is 12.3. The smallest absolute Gasteiger partial charge is 0.315 e. The predicted octanol–water partition coefficient (Wildman–Crippen LogP) is 0.660. The Balaban J connectivity index is 1.95. The molecule has 3 aliphatic heterocycles. The SMILES string of the molecule is CC(=O)OC[C@@]12COC(=O)[C@]1(C)[C@@H]1CC[C@@H]2O1. The van der Waals surface area contributed by atoms with Gasteiger partial charge >= 0.3 is 11.9 Å². The zero-order valence-corrected chi connectivity index (χ0v) is 10.0. The molecule has 17 heavy (non-hydrogen) atoms. The highest BCUT2D eigenvalue weighted by molar-refractivity contribution is 5.82. The number of cyclic esters (lactones) is 1. The quantitative estimate of drug-likeness (QED) is 0.663. The van der Waals surface area contributed by atoms with Crippen LogP contribution in [0.5, 0.6) is 0 Å². The van der Waals surface area contributed by atoms with Crippen LogP contribution < -0.4 is 0 Å². The summed E-state index contributed by atoms with van der Waals surface area (Å²) in [7, 11) is 0. The summed E-state index contributed by atoms with van der Waals surface area (Å²) in [6.07, 6.45) is 1.69. The fourth-order valence-corrected chi connectivity index (χ4v) is 3.56. The standard InChI is InChI=1S/C12H16O5/c1-7(13)15-5-12-6-16-10(14)11(12,2)8-3-4-9(12)17-8/h8-9H,3-6H2,1-2H3/t8-,9-,11-,12-/m0/s1. The highest BCUT2D eigenvalue weighted by Crippen LogP contribution is 2.63. The molecular formula is C12H16O5. The second-order valence-corrected chi connectivity index (χ2v) is 5.41. The molecular weight excluding hydrogens is 224 g/mol. The van der Waals surface area contributed by atoms with Crippen molar-refractivity contribution < 1.29 is 23.8 Å². The molecule has 0 aromatic rings. The van der Waals surface area contributed by atoms with Gasteiger partial charge in [0.2, 0.25) is 0 Å². The van der Waals surface area contributed by atoms with Gasteiger partial charge in [0, 0.05) is 6.92 Å². The van der Waals surface area contributed by atoms with E-state index in [-0.39, 0.29) is 30.8 Å². The Labute approximate surface area is 99.4 Å². The molecule has 5 nitrogen and oxygen atoms in total. The lowest BCUT2D eigenvalue weighted by atomic mass is 9.59. The Morgan fingerprint density at radius 1 is 1.47 bits per heavy atom. The maximum Gasteiger partial charge on any atom is 0.315 e. The van der Waals surface area contributed by atoms with Crippen molar-refractivity contribution in [2.24, 2.45) is 10.8 Å². The van der Waals surface area contributed by atoms with Gasteiger partial charge in [-0.25, -0.2) is 0 Å². The molecule has 0 unspecified atom stereocenters. The van der Waals surface area contributed by atoms with E-state index in [0.717, 1.165) is 12.8 Å². The summed E-state index contributed by atoms with van der Waals surface area (Å²) in [5.41, 5.74) is -1.12. The van der Waals surface area contributed by atoms with Crippen LogP contribution in [0.4, 0.5) is 0 Å². The summed E-state index contributed by atoms with van der Waals surface area (Å²) in [5, 5.41) is 0. The molecule has 4 atom stereocenters. The Kier molecular flexibility index (Phi) is 2.09. The molecule has 0 aromatic carbocycles. The molecule has 0 aromatic heterocycles. The topological polar surface area (TPSA) is 61.8 Å². The van der Waals surface area contributed by atoms with Crippen LogP contribution in [0.1, 0.15) is 26.7 Å². The van der Waals surface area contributed by atoms with E-state index in [1.807, 2.05) is 6.92 Å². The molecule has 5 heteroatoms. The fourth-order valence-electron chi connectivity index (χ4n) is 3.56. The van der Waals surface area contributed by atoms with Crippen molar-refractivity contribution in [2.45, 2.75) is 38.9 Å². The minimum absolute atomic E-state index is 0.0247. The van der Waals surface area contributed by atoms with Gasteiger partial charge in [0.15, 0.2) is 0 Å². The summed E-state index contributed by atoms with van der Waals surface area (Å²) in [4.78, 5) is 23.0. The van der Waals surface area contributed by atoms with Gasteiger partial charge in [-0.05, 0) is 19.8 Å². The zero-order valence-electron chi connectivity index (χ0n) is 10.0. The summed E-state index contributed by atoms with van der Waals surface area (Å²) in [6.45, 7) is 3.78. The molecule has 3 aliphatic rings. The summed E-state index contributed by atoms with van der Waals surface area (Å²) in [5.74, 6) is -0.541. The van der Waals surface area contributed by atoms with E-state index in [1.54, 1.807) is 0 Å². The van der Waals surface area contributed by atoms with E-state index in [1.165, 1.54) is 6.92 Å². The molecule has 3 rings (SSSR count). The van der Waals surface area contributed by atoms with Gasteiger partial charge in [0.25, 0.3) is 0 Å². The molecule has 94 valence electrons. The first-order chi connectivity index (χ1) is 8.00. The second-order valence-electron chi connectivity index (χ2n) is 5.41. The minimum atomic E-state index is -0.647. The molecule has 0 saturated carbocycles. The number of esters is 2. The van der Waals surface area contributed by atoms with Crippen LogP contribution in [0.15, 0.2) is 0 Å². The van der Waals surface area contributed by atoms with Crippen LogP contribution in [0.2, 0.25) is 0 Å². The molecule has 3 saturated heterocycles. The number of hydrogen-bond donors (Lipinski definition) is 0. The number of fused-ring (bicyclic) bond motifs is 5. The van der Waals surface area contributed by atoms with E-state index < -0.39 is 10.8 Å². The Hall–Kier alpha value is -1.10. The van der Waals surface area contributed by atoms with E-state index in [2.05, 4.69) is 0 Å². The molecule has 0 N–H and O–H groups in total. The Morgan fingerprint density at radius 2 is 2.18 bits per heavy atom. The molecule has 0 amide bonds. The number of rotatable bonds is 2. The molecule has 3 heterocycles. The third kappa shape index (κ3) is 1.13. The molecule has 0 spiro atoms. The monoisotopic (exact) mass is 240 g/mol. The highest BCUT2D eigenvalue weighted by Gasteiger charge is 2.75. The number of ether oxygens (including phenoxy) is 3.